The van der Waals surface area contributed by atoms with E-state index in [0.29, 0.717) is 22.9 Å². The number of carbonyl (C=O) groups excluding carboxylic acids is 1. The van der Waals surface area contributed by atoms with Crippen LogP contribution < -0.4 is 10.9 Å². The SMILES string of the molecule is CCC(C(=O)Nc1nnc(C(C)C)s1)n1cnc2sc3c(c2c1=O)CCC(C(C)(C)C)C3. The first-order valence-corrected chi connectivity index (χ1v) is 12.9. The average molecular weight is 474 g/mol. The molecule has 0 radical (unpaired) electrons. The van der Waals surface area contributed by atoms with Crippen LogP contribution in [0.3, 0.4) is 0 Å². The average Bonchev–Trinajstić information content (AvgIpc) is 3.33. The molecule has 3 heterocycles. The van der Waals surface area contributed by atoms with Gasteiger partial charge in [0.25, 0.3) is 5.56 Å². The number of hydrogen-bond donors (Lipinski definition) is 1. The number of aryl methyl sites for hydroxylation is 1. The maximum Gasteiger partial charge on any atom is 0.263 e. The molecule has 0 bridgehead atoms. The number of fused-ring (bicyclic) bond motifs is 3. The van der Waals surface area contributed by atoms with Gasteiger partial charge in [-0.2, -0.15) is 0 Å². The van der Waals surface area contributed by atoms with Crippen molar-refractivity contribution in [1.82, 2.24) is 19.7 Å². The second-order valence-corrected chi connectivity index (χ2v) is 12.1. The van der Waals surface area contributed by atoms with Crippen molar-refractivity contribution < 1.29 is 4.79 Å². The van der Waals surface area contributed by atoms with E-state index < -0.39 is 6.04 Å². The molecule has 1 aliphatic rings. The van der Waals surface area contributed by atoms with E-state index in [9.17, 15) is 9.59 Å². The first kappa shape index (κ1) is 23.0. The monoisotopic (exact) mass is 473 g/mol. The van der Waals surface area contributed by atoms with E-state index in [1.807, 2.05) is 20.8 Å². The number of anilines is 1. The number of amides is 1. The third kappa shape index (κ3) is 4.24. The van der Waals surface area contributed by atoms with E-state index in [4.69, 9.17) is 0 Å². The highest BCUT2D eigenvalue weighted by Crippen LogP contribution is 2.42. The normalized spacial score (nSPS) is 17.5. The van der Waals surface area contributed by atoms with Gasteiger partial charge in [0.1, 0.15) is 15.9 Å². The fourth-order valence-corrected chi connectivity index (χ4v) is 6.36. The van der Waals surface area contributed by atoms with Crippen molar-refractivity contribution in [2.45, 2.75) is 79.2 Å². The quantitative estimate of drug-likeness (QED) is 0.552. The van der Waals surface area contributed by atoms with E-state index in [1.54, 1.807) is 11.3 Å². The molecule has 0 aliphatic heterocycles. The van der Waals surface area contributed by atoms with Crippen molar-refractivity contribution in [3.63, 3.8) is 0 Å². The van der Waals surface area contributed by atoms with Gasteiger partial charge in [-0.05, 0) is 42.6 Å². The number of nitrogens with zero attached hydrogens (tertiary/aromatic N) is 4. The van der Waals surface area contributed by atoms with Gasteiger partial charge in [0.05, 0.1) is 11.7 Å². The zero-order valence-electron chi connectivity index (χ0n) is 19.6. The van der Waals surface area contributed by atoms with Gasteiger partial charge in [-0.15, -0.1) is 21.5 Å². The first-order chi connectivity index (χ1) is 15.1. The first-order valence-electron chi connectivity index (χ1n) is 11.3. The molecular weight excluding hydrogens is 442 g/mol. The number of aromatic nitrogens is 4. The zero-order valence-corrected chi connectivity index (χ0v) is 21.2. The molecule has 0 spiro atoms. The summed E-state index contributed by atoms with van der Waals surface area (Å²) >= 11 is 3.00. The van der Waals surface area contributed by atoms with Crippen LogP contribution in [0.2, 0.25) is 0 Å². The topological polar surface area (TPSA) is 89.8 Å². The molecule has 3 aromatic heterocycles. The minimum absolute atomic E-state index is 0.121. The highest BCUT2D eigenvalue weighted by Gasteiger charge is 2.32. The lowest BCUT2D eigenvalue weighted by molar-refractivity contribution is -0.119. The summed E-state index contributed by atoms with van der Waals surface area (Å²) in [6.45, 7) is 12.8. The van der Waals surface area contributed by atoms with E-state index in [2.05, 4.69) is 41.3 Å². The third-order valence-corrected chi connectivity index (χ3v) is 8.71. The minimum atomic E-state index is -0.646. The molecule has 32 heavy (non-hydrogen) atoms. The maximum absolute atomic E-state index is 13.5. The lowest BCUT2D eigenvalue weighted by atomic mass is 9.72. The fourth-order valence-electron chi connectivity index (χ4n) is 4.36. The highest BCUT2D eigenvalue weighted by molar-refractivity contribution is 7.18. The molecule has 1 amide bonds. The van der Waals surface area contributed by atoms with Crippen molar-refractivity contribution in [3.8, 4) is 0 Å². The molecule has 0 saturated heterocycles. The Labute approximate surface area is 196 Å². The molecule has 0 aromatic carbocycles. The predicted molar refractivity (Wildman–Crippen MR) is 131 cm³/mol. The van der Waals surface area contributed by atoms with Crippen LogP contribution in [-0.2, 0) is 17.6 Å². The van der Waals surface area contributed by atoms with E-state index in [1.165, 1.54) is 27.1 Å². The van der Waals surface area contributed by atoms with Gasteiger partial charge in [-0.3, -0.25) is 19.5 Å². The van der Waals surface area contributed by atoms with Gasteiger partial charge in [0, 0.05) is 10.8 Å². The van der Waals surface area contributed by atoms with Crippen molar-refractivity contribution in [1.29, 1.82) is 0 Å². The lowest BCUT2D eigenvalue weighted by Crippen LogP contribution is -2.33. The van der Waals surface area contributed by atoms with Crippen LogP contribution in [-0.4, -0.2) is 25.7 Å². The Bertz CT molecular complexity index is 1200. The number of carbonyl (C=O) groups is 1. The number of nitrogens with one attached hydrogen (secondary N) is 1. The molecule has 1 N–H and O–H groups in total. The summed E-state index contributed by atoms with van der Waals surface area (Å²) in [7, 11) is 0. The van der Waals surface area contributed by atoms with Gasteiger partial charge in [0.15, 0.2) is 0 Å². The summed E-state index contributed by atoms with van der Waals surface area (Å²) in [5.41, 5.74) is 1.26. The molecular formula is C23H31N5O2S2. The van der Waals surface area contributed by atoms with Crippen LogP contribution in [0.15, 0.2) is 11.1 Å². The van der Waals surface area contributed by atoms with Gasteiger partial charge in [0.2, 0.25) is 11.0 Å². The number of rotatable bonds is 5. The highest BCUT2D eigenvalue weighted by atomic mass is 32.1. The second kappa shape index (κ2) is 8.67. The largest absolute Gasteiger partial charge is 0.299 e. The van der Waals surface area contributed by atoms with E-state index in [0.717, 1.165) is 34.7 Å². The van der Waals surface area contributed by atoms with Gasteiger partial charge < -0.3 is 0 Å². The molecule has 9 heteroatoms. The Kier molecular flexibility index (Phi) is 6.24. The molecule has 172 valence electrons. The van der Waals surface area contributed by atoms with E-state index >= 15 is 0 Å². The molecule has 1 aliphatic carbocycles. The van der Waals surface area contributed by atoms with Crippen LogP contribution in [0.5, 0.6) is 0 Å². The predicted octanol–water partition coefficient (Wildman–Crippen LogP) is 5.17. The summed E-state index contributed by atoms with van der Waals surface area (Å²) in [6, 6.07) is -0.646. The van der Waals surface area contributed by atoms with Crippen LogP contribution in [0.1, 0.15) is 81.8 Å². The third-order valence-electron chi connectivity index (χ3n) is 6.41. The summed E-state index contributed by atoms with van der Waals surface area (Å²) in [5, 5.41) is 13.1. The van der Waals surface area contributed by atoms with Crippen molar-refractivity contribution in [2.75, 3.05) is 5.32 Å². The summed E-state index contributed by atoms with van der Waals surface area (Å²) in [5.74, 6) is 0.582. The Hall–Kier alpha value is -2.13. The van der Waals surface area contributed by atoms with Crippen molar-refractivity contribution in [2.24, 2.45) is 11.3 Å². The zero-order chi connectivity index (χ0) is 23.2. The smallest absolute Gasteiger partial charge is 0.263 e. The Morgan fingerprint density at radius 3 is 2.66 bits per heavy atom. The minimum Gasteiger partial charge on any atom is -0.299 e. The number of thiophene rings is 1. The molecule has 7 nitrogen and oxygen atoms in total. The van der Waals surface area contributed by atoms with Crippen molar-refractivity contribution >= 4 is 43.9 Å². The molecule has 3 aromatic rings. The molecule has 2 atom stereocenters. The van der Waals surface area contributed by atoms with Crippen LogP contribution in [0.25, 0.3) is 10.2 Å². The fraction of sp³-hybridized carbons (Fsp3) is 0.609. The Morgan fingerprint density at radius 1 is 1.28 bits per heavy atom. The van der Waals surface area contributed by atoms with Crippen LogP contribution in [0.4, 0.5) is 5.13 Å². The number of hydrogen-bond acceptors (Lipinski definition) is 7. The Balaban J connectivity index is 1.65. The summed E-state index contributed by atoms with van der Waals surface area (Å²) in [6.07, 6.45) is 4.97. The summed E-state index contributed by atoms with van der Waals surface area (Å²) < 4.78 is 1.49. The van der Waals surface area contributed by atoms with Crippen LogP contribution in [0, 0.1) is 11.3 Å². The maximum atomic E-state index is 13.5. The van der Waals surface area contributed by atoms with Crippen molar-refractivity contribution in [3.05, 3.63) is 32.1 Å². The lowest BCUT2D eigenvalue weighted by Gasteiger charge is -2.33. The molecule has 2 unspecified atom stereocenters. The van der Waals surface area contributed by atoms with Gasteiger partial charge in [-0.25, -0.2) is 4.98 Å². The van der Waals surface area contributed by atoms with Crippen LogP contribution >= 0.6 is 22.7 Å². The molecule has 0 fully saturated rings. The molecule has 0 saturated carbocycles. The summed E-state index contributed by atoms with van der Waals surface area (Å²) in [4.78, 5) is 33.2. The second-order valence-electron chi connectivity index (χ2n) is 9.96. The standard InChI is InChI=1S/C23H31N5O2S2/c1-7-15(18(29)25-22-27-26-19(32-22)12(2)3)28-11-24-20-17(21(28)30)14-9-8-13(23(4,5)6)10-16(14)31-20/h11-13,15H,7-10H2,1-6H3,(H,25,27,29). The van der Waals surface area contributed by atoms with E-state index in [-0.39, 0.29) is 22.8 Å². The Morgan fingerprint density at radius 2 is 2.03 bits per heavy atom. The van der Waals surface area contributed by atoms with Gasteiger partial charge >= 0.3 is 0 Å². The molecule has 4 rings (SSSR count). The van der Waals surface area contributed by atoms with Gasteiger partial charge in [-0.1, -0.05) is 52.9 Å².